The molecule has 2 aliphatic rings. The third kappa shape index (κ3) is 0.577. The first kappa shape index (κ1) is 5.70. The van der Waals surface area contributed by atoms with Crippen LogP contribution in [0.5, 0.6) is 0 Å². The molecule has 2 aliphatic carbocycles. The summed E-state index contributed by atoms with van der Waals surface area (Å²) in [6, 6.07) is 2.12. The Morgan fingerprint density at radius 1 is 1.36 bits per heavy atom. The van der Waals surface area contributed by atoms with Gasteiger partial charge in [0.2, 0.25) is 0 Å². The zero-order valence-electron chi connectivity index (χ0n) is 6.43. The van der Waals surface area contributed by atoms with Crippen molar-refractivity contribution in [1.29, 1.82) is 0 Å². The first-order chi connectivity index (χ1) is 5.34. The van der Waals surface area contributed by atoms with Crippen LogP contribution in [0.15, 0.2) is 6.07 Å². The Morgan fingerprint density at radius 3 is 3.00 bits per heavy atom. The number of hydrogen-bond acceptors (Lipinski definition) is 1. The van der Waals surface area contributed by atoms with Gasteiger partial charge in [-0.15, -0.1) is 0 Å². The van der Waals surface area contributed by atoms with Crippen LogP contribution >= 0.6 is 0 Å². The molecule has 1 aromatic rings. The molecule has 58 valence electrons. The maximum atomic E-state index is 5.69. The highest BCUT2D eigenvalue weighted by Gasteiger charge is 2.38. The van der Waals surface area contributed by atoms with Crippen molar-refractivity contribution in [2.24, 2.45) is 0 Å². The van der Waals surface area contributed by atoms with Gasteiger partial charge in [0.15, 0.2) is 0 Å². The van der Waals surface area contributed by atoms with Gasteiger partial charge in [-0.2, -0.15) is 0 Å². The van der Waals surface area contributed by atoms with Crippen molar-refractivity contribution in [1.82, 2.24) is 4.98 Å². The van der Waals surface area contributed by atoms with Crippen LogP contribution in [0.3, 0.4) is 0 Å². The van der Waals surface area contributed by atoms with Crippen molar-refractivity contribution in [2.75, 3.05) is 5.73 Å². The molecule has 0 amide bonds. The number of nitrogen functional groups attached to an aromatic ring is 1. The minimum absolute atomic E-state index is 0.812. The lowest BCUT2D eigenvalue weighted by Gasteiger charge is -2.08. The van der Waals surface area contributed by atoms with E-state index in [1.165, 1.54) is 30.5 Å². The Morgan fingerprint density at radius 2 is 2.18 bits per heavy atom. The zero-order chi connectivity index (χ0) is 7.42. The molecule has 0 radical (unpaired) electrons. The van der Waals surface area contributed by atoms with Gasteiger partial charge in [-0.1, -0.05) is 0 Å². The quantitative estimate of drug-likeness (QED) is 0.580. The highest BCUT2D eigenvalue weighted by Crippen LogP contribution is 2.53. The third-order valence-corrected chi connectivity index (χ3v) is 3.18. The summed E-state index contributed by atoms with van der Waals surface area (Å²) in [4.78, 5) is 3.27. The monoisotopic (exact) mass is 148 g/mol. The summed E-state index contributed by atoms with van der Waals surface area (Å²) in [6.07, 6.45) is 4.13. The van der Waals surface area contributed by atoms with Crippen molar-refractivity contribution in [3.63, 3.8) is 0 Å². The molecule has 1 aromatic heterocycles. The van der Waals surface area contributed by atoms with Gasteiger partial charge in [0.25, 0.3) is 0 Å². The molecule has 2 atom stereocenters. The summed E-state index contributed by atoms with van der Waals surface area (Å²) >= 11 is 0. The van der Waals surface area contributed by atoms with E-state index in [9.17, 15) is 0 Å². The number of nitrogens with one attached hydrogen (secondary N) is 1. The Labute approximate surface area is 65.8 Å². The normalized spacial score (nSPS) is 32.7. The Kier molecular flexibility index (Phi) is 0.843. The number of hydrogen-bond donors (Lipinski definition) is 2. The number of nitrogens with two attached hydrogens (primary N) is 1. The van der Waals surface area contributed by atoms with Gasteiger partial charge in [0.05, 0.1) is 0 Å². The maximum Gasteiger partial charge on any atom is 0.101 e. The topological polar surface area (TPSA) is 41.8 Å². The third-order valence-electron chi connectivity index (χ3n) is 3.18. The molecule has 1 heterocycles. The summed E-state index contributed by atoms with van der Waals surface area (Å²) in [5, 5.41) is 0. The second-order valence-electron chi connectivity index (χ2n) is 3.80. The van der Waals surface area contributed by atoms with Gasteiger partial charge in [-0.05, 0) is 42.7 Å². The van der Waals surface area contributed by atoms with E-state index in [0.717, 1.165) is 17.7 Å². The highest BCUT2D eigenvalue weighted by atomic mass is 14.9. The number of aromatic amines is 1. The summed E-state index contributed by atoms with van der Waals surface area (Å²) < 4.78 is 0. The van der Waals surface area contributed by atoms with E-state index in [1.54, 1.807) is 0 Å². The standard InChI is InChI=1S/C9H12N2/c10-8-4-7-5-1-2-6(3-5)9(7)11-8/h4-6,11H,1-3,10H2. The molecule has 3 N–H and O–H groups in total. The van der Waals surface area contributed by atoms with Crippen LogP contribution in [0.4, 0.5) is 5.82 Å². The van der Waals surface area contributed by atoms with Crippen LogP contribution in [-0.2, 0) is 0 Å². The van der Waals surface area contributed by atoms with Gasteiger partial charge >= 0.3 is 0 Å². The van der Waals surface area contributed by atoms with Crippen molar-refractivity contribution in [3.05, 3.63) is 17.3 Å². The molecule has 0 aliphatic heterocycles. The lowest BCUT2D eigenvalue weighted by molar-refractivity contribution is 0.707. The number of H-pyrrole nitrogens is 1. The van der Waals surface area contributed by atoms with Crippen LogP contribution in [0.1, 0.15) is 42.4 Å². The lowest BCUT2D eigenvalue weighted by atomic mass is 9.98. The van der Waals surface area contributed by atoms with Crippen molar-refractivity contribution in [2.45, 2.75) is 31.1 Å². The van der Waals surface area contributed by atoms with Crippen LogP contribution in [-0.4, -0.2) is 4.98 Å². The van der Waals surface area contributed by atoms with Crippen molar-refractivity contribution in [3.8, 4) is 0 Å². The fourth-order valence-corrected chi connectivity index (χ4v) is 2.71. The van der Waals surface area contributed by atoms with Crippen LogP contribution in [0, 0.1) is 0 Å². The molecule has 2 heteroatoms. The largest absolute Gasteiger partial charge is 0.385 e. The van der Waals surface area contributed by atoms with E-state index in [-0.39, 0.29) is 0 Å². The molecule has 0 spiro atoms. The molecular formula is C9H12N2. The molecule has 0 aromatic carbocycles. The molecule has 2 bridgehead atoms. The average molecular weight is 148 g/mol. The second-order valence-corrected chi connectivity index (χ2v) is 3.80. The van der Waals surface area contributed by atoms with Gasteiger partial charge in [0.1, 0.15) is 5.82 Å². The fraction of sp³-hybridized carbons (Fsp3) is 0.556. The summed E-state index contributed by atoms with van der Waals surface area (Å²) in [5.74, 6) is 2.50. The van der Waals surface area contributed by atoms with Crippen LogP contribution in [0.2, 0.25) is 0 Å². The molecule has 0 saturated heterocycles. The Balaban J connectivity index is 2.21. The smallest absolute Gasteiger partial charge is 0.101 e. The molecule has 1 fully saturated rings. The number of fused-ring (bicyclic) bond motifs is 5. The van der Waals surface area contributed by atoms with E-state index in [1.807, 2.05) is 0 Å². The summed E-state index contributed by atoms with van der Waals surface area (Å²) in [6.45, 7) is 0. The summed E-state index contributed by atoms with van der Waals surface area (Å²) in [5.41, 5.74) is 8.64. The minimum Gasteiger partial charge on any atom is -0.385 e. The van der Waals surface area contributed by atoms with Crippen LogP contribution < -0.4 is 5.73 Å². The Hall–Kier alpha value is -0.920. The number of rotatable bonds is 0. The molecule has 11 heavy (non-hydrogen) atoms. The fourth-order valence-electron chi connectivity index (χ4n) is 2.71. The van der Waals surface area contributed by atoms with Gasteiger partial charge in [-0.25, -0.2) is 0 Å². The predicted molar refractivity (Wildman–Crippen MR) is 44.5 cm³/mol. The first-order valence-corrected chi connectivity index (χ1v) is 4.33. The second kappa shape index (κ2) is 1.63. The minimum atomic E-state index is 0.812. The van der Waals surface area contributed by atoms with Crippen LogP contribution in [0.25, 0.3) is 0 Å². The Bertz CT molecular complexity index is 273. The molecular weight excluding hydrogens is 136 g/mol. The van der Waals surface area contributed by atoms with Gasteiger partial charge in [0, 0.05) is 5.69 Å². The van der Waals surface area contributed by atoms with Gasteiger partial charge in [-0.3, -0.25) is 0 Å². The first-order valence-electron chi connectivity index (χ1n) is 4.33. The predicted octanol–water partition coefficient (Wildman–Crippen LogP) is 1.96. The van der Waals surface area contributed by atoms with E-state index in [0.29, 0.717) is 0 Å². The van der Waals surface area contributed by atoms with E-state index < -0.39 is 0 Å². The van der Waals surface area contributed by atoms with E-state index in [4.69, 9.17) is 5.73 Å². The molecule has 2 nitrogen and oxygen atoms in total. The molecule has 1 saturated carbocycles. The average Bonchev–Trinajstić information content (AvgIpc) is 2.53. The van der Waals surface area contributed by atoms with E-state index >= 15 is 0 Å². The van der Waals surface area contributed by atoms with Crippen molar-refractivity contribution < 1.29 is 0 Å². The number of anilines is 1. The lowest BCUT2D eigenvalue weighted by Crippen LogP contribution is -1.94. The van der Waals surface area contributed by atoms with Gasteiger partial charge < -0.3 is 10.7 Å². The number of aromatic nitrogens is 1. The zero-order valence-corrected chi connectivity index (χ0v) is 6.43. The SMILES string of the molecule is Nc1cc2c([nH]1)C1CCC2C1. The summed E-state index contributed by atoms with van der Waals surface area (Å²) in [7, 11) is 0. The van der Waals surface area contributed by atoms with E-state index in [2.05, 4.69) is 11.1 Å². The molecule has 3 rings (SSSR count). The molecule has 2 unspecified atom stereocenters. The maximum absolute atomic E-state index is 5.69. The highest BCUT2D eigenvalue weighted by molar-refractivity contribution is 5.47. The van der Waals surface area contributed by atoms with Crippen molar-refractivity contribution >= 4 is 5.82 Å².